The Hall–Kier alpha value is -0.590. The van der Waals surface area contributed by atoms with Crippen molar-refractivity contribution >= 4 is 0 Å². The molecule has 3 rings (SSSR count). The smallest absolute Gasteiger partial charge is 0.160 e. The highest BCUT2D eigenvalue weighted by atomic mass is 16.7. The third kappa shape index (κ3) is 5.73. The van der Waals surface area contributed by atoms with Crippen LogP contribution in [0.3, 0.4) is 0 Å². The molecule has 0 aromatic carbocycles. The van der Waals surface area contributed by atoms with Crippen molar-refractivity contribution < 1.29 is 9.47 Å². The van der Waals surface area contributed by atoms with E-state index in [1.165, 1.54) is 77.0 Å². The van der Waals surface area contributed by atoms with Crippen LogP contribution in [-0.4, -0.2) is 19.5 Å². The molecule has 3 aliphatic rings. The molecule has 0 atom stereocenters. The maximum atomic E-state index is 9.52. The van der Waals surface area contributed by atoms with Crippen molar-refractivity contribution in [1.29, 1.82) is 5.26 Å². The summed E-state index contributed by atoms with van der Waals surface area (Å²) in [6.45, 7) is 5.56. The molecule has 2 aliphatic carbocycles. The molecule has 28 heavy (non-hydrogen) atoms. The van der Waals surface area contributed by atoms with Gasteiger partial charge in [0.15, 0.2) is 6.29 Å². The fourth-order valence-corrected chi connectivity index (χ4v) is 6.11. The first-order chi connectivity index (χ1) is 13.7. The van der Waals surface area contributed by atoms with Gasteiger partial charge in [-0.2, -0.15) is 5.26 Å². The third-order valence-corrected chi connectivity index (χ3v) is 7.99. The zero-order chi connectivity index (χ0) is 19.8. The van der Waals surface area contributed by atoms with Crippen LogP contribution in [0.4, 0.5) is 0 Å². The van der Waals surface area contributed by atoms with Crippen molar-refractivity contribution in [1.82, 2.24) is 0 Å². The van der Waals surface area contributed by atoms with Crippen molar-refractivity contribution in [2.24, 2.45) is 29.1 Å². The Morgan fingerprint density at radius 1 is 0.786 bits per heavy atom. The molecule has 1 heterocycles. The number of ether oxygens (including phenoxy) is 2. The summed E-state index contributed by atoms with van der Waals surface area (Å²) >= 11 is 0. The summed E-state index contributed by atoms with van der Waals surface area (Å²) in [4.78, 5) is 0. The first-order valence-electron chi connectivity index (χ1n) is 12.3. The Labute approximate surface area is 173 Å². The van der Waals surface area contributed by atoms with Crippen molar-refractivity contribution in [3.8, 4) is 6.07 Å². The monoisotopic (exact) mass is 389 g/mol. The van der Waals surface area contributed by atoms with Gasteiger partial charge in [-0.1, -0.05) is 58.8 Å². The van der Waals surface area contributed by atoms with Crippen LogP contribution in [0.25, 0.3) is 0 Å². The molecule has 0 bridgehead atoms. The first-order valence-corrected chi connectivity index (χ1v) is 12.3. The predicted octanol–water partition coefficient (Wildman–Crippen LogP) is 6.86. The van der Waals surface area contributed by atoms with E-state index >= 15 is 0 Å². The molecule has 0 unspecified atom stereocenters. The minimum Gasteiger partial charge on any atom is -0.351 e. The highest BCUT2D eigenvalue weighted by Gasteiger charge is 2.40. The lowest BCUT2D eigenvalue weighted by Crippen LogP contribution is -2.44. The lowest BCUT2D eigenvalue weighted by atomic mass is 9.68. The standard InChI is InChI=1S/C25H43NO2/c1-3-5-6-7-20-8-10-21(11-9-20)22-12-14-23(15-13-22)24-27-18-25(17-26,16-4-2)19-28-24/h20-24H,3-16,18-19H2,1-2H3. The van der Waals surface area contributed by atoms with Crippen molar-refractivity contribution in [3.05, 3.63) is 0 Å². The average molecular weight is 390 g/mol. The van der Waals surface area contributed by atoms with Gasteiger partial charge in [0.25, 0.3) is 0 Å². The fraction of sp³-hybridized carbons (Fsp3) is 0.960. The van der Waals surface area contributed by atoms with Gasteiger partial charge in [-0.05, 0) is 62.7 Å². The zero-order valence-corrected chi connectivity index (χ0v) is 18.5. The van der Waals surface area contributed by atoms with Gasteiger partial charge in [0.2, 0.25) is 0 Å². The van der Waals surface area contributed by atoms with E-state index in [9.17, 15) is 5.26 Å². The summed E-state index contributed by atoms with van der Waals surface area (Å²) in [6.07, 6.45) is 18.7. The molecule has 0 aromatic heterocycles. The summed E-state index contributed by atoms with van der Waals surface area (Å²) in [6, 6.07) is 2.46. The van der Waals surface area contributed by atoms with Gasteiger partial charge in [-0.3, -0.25) is 0 Å². The van der Waals surface area contributed by atoms with Gasteiger partial charge in [-0.15, -0.1) is 0 Å². The molecule has 0 spiro atoms. The number of rotatable bonds is 8. The van der Waals surface area contributed by atoms with Crippen LogP contribution in [-0.2, 0) is 9.47 Å². The average Bonchev–Trinajstić information content (AvgIpc) is 2.75. The lowest BCUT2D eigenvalue weighted by Gasteiger charge is -2.42. The summed E-state index contributed by atoms with van der Waals surface area (Å²) in [5.41, 5.74) is -0.405. The predicted molar refractivity (Wildman–Crippen MR) is 114 cm³/mol. The molecule has 0 radical (unpaired) electrons. The van der Waals surface area contributed by atoms with Gasteiger partial charge >= 0.3 is 0 Å². The summed E-state index contributed by atoms with van der Waals surface area (Å²) in [7, 11) is 0. The van der Waals surface area contributed by atoms with E-state index in [0.29, 0.717) is 19.1 Å². The van der Waals surface area contributed by atoms with Crippen LogP contribution >= 0.6 is 0 Å². The van der Waals surface area contributed by atoms with Crippen LogP contribution < -0.4 is 0 Å². The van der Waals surface area contributed by atoms with E-state index in [4.69, 9.17) is 9.47 Å². The van der Waals surface area contributed by atoms with Crippen molar-refractivity contribution in [2.45, 2.75) is 110 Å². The summed E-state index contributed by atoms with van der Waals surface area (Å²) in [5, 5.41) is 9.52. The third-order valence-electron chi connectivity index (χ3n) is 7.99. The fourth-order valence-electron chi connectivity index (χ4n) is 6.11. The molecular weight excluding hydrogens is 346 g/mol. The second kappa shape index (κ2) is 11.0. The van der Waals surface area contributed by atoms with Crippen LogP contribution in [0.5, 0.6) is 0 Å². The molecule has 0 aromatic rings. The molecule has 2 saturated carbocycles. The molecule has 0 amide bonds. The van der Waals surface area contributed by atoms with E-state index in [2.05, 4.69) is 19.9 Å². The van der Waals surface area contributed by atoms with E-state index in [0.717, 1.165) is 30.6 Å². The van der Waals surface area contributed by atoms with Crippen LogP contribution in [0.1, 0.15) is 104 Å². The maximum Gasteiger partial charge on any atom is 0.160 e. The molecule has 1 aliphatic heterocycles. The Morgan fingerprint density at radius 2 is 1.36 bits per heavy atom. The number of hydrogen-bond acceptors (Lipinski definition) is 3. The maximum absolute atomic E-state index is 9.52. The van der Waals surface area contributed by atoms with E-state index in [1.807, 2.05) is 0 Å². The second-order valence-corrected chi connectivity index (χ2v) is 10.1. The minimum absolute atomic E-state index is 0.0615. The summed E-state index contributed by atoms with van der Waals surface area (Å²) < 4.78 is 12.1. The zero-order valence-electron chi connectivity index (χ0n) is 18.5. The van der Waals surface area contributed by atoms with Crippen LogP contribution in [0.15, 0.2) is 0 Å². The topological polar surface area (TPSA) is 42.2 Å². The number of nitrogens with zero attached hydrogens (tertiary/aromatic N) is 1. The highest BCUT2D eigenvalue weighted by molar-refractivity contribution is 5.00. The molecule has 3 heteroatoms. The largest absolute Gasteiger partial charge is 0.351 e. The van der Waals surface area contributed by atoms with Gasteiger partial charge in [0.05, 0.1) is 19.3 Å². The number of nitriles is 1. The SMILES string of the molecule is CCCCCC1CCC(C2CCC(C3OCC(C#N)(CCC)CO3)CC2)CC1. The molecule has 3 nitrogen and oxygen atoms in total. The highest BCUT2D eigenvalue weighted by Crippen LogP contribution is 2.44. The van der Waals surface area contributed by atoms with E-state index < -0.39 is 5.41 Å². The van der Waals surface area contributed by atoms with Gasteiger partial charge in [0.1, 0.15) is 5.41 Å². The second-order valence-electron chi connectivity index (χ2n) is 10.1. The lowest BCUT2D eigenvalue weighted by molar-refractivity contribution is -0.244. The molecule has 160 valence electrons. The van der Waals surface area contributed by atoms with Gasteiger partial charge < -0.3 is 9.47 Å². The van der Waals surface area contributed by atoms with Crippen LogP contribution in [0.2, 0.25) is 0 Å². The normalized spacial score (nSPS) is 39.4. The Balaban J connectivity index is 1.36. The Kier molecular flexibility index (Phi) is 8.67. The quantitative estimate of drug-likeness (QED) is 0.426. The number of hydrogen-bond donors (Lipinski definition) is 0. The van der Waals surface area contributed by atoms with Gasteiger partial charge in [-0.25, -0.2) is 0 Å². The molecular formula is C25H43NO2. The Morgan fingerprint density at radius 3 is 1.89 bits per heavy atom. The minimum atomic E-state index is -0.405. The number of unbranched alkanes of at least 4 members (excludes halogenated alkanes) is 2. The van der Waals surface area contributed by atoms with E-state index in [-0.39, 0.29) is 6.29 Å². The molecule has 3 fully saturated rings. The Bertz CT molecular complexity index is 475. The molecule has 0 N–H and O–H groups in total. The van der Waals surface area contributed by atoms with Crippen LogP contribution in [0, 0.1) is 40.4 Å². The molecule has 1 saturated heterocycles. The first kappa shape index (κ1) is 22.1. The van der Waals surface area contributed by atoms with Gasteiger partial charge in [0, 0.05) is 5.92 Å². The van der Waals surface area contributed by atoms with Crippen molar-refractivity contribution in [2.75, 3.05) is 13.2 Å². The summed E-state index contributed by atoms with van der Waals surface area (Å²) in [5.74, 6) is 3.48. The van der Waals surface area contributed by atoms with E-state index in [1.54, 1.807) is 0 Å². The van der Waals surface area contributed by atoms with Crippen molar-refractivity contribution in [3.63, 3.8) is 0 Å².